The van der Waals surface area contributed by atoms with Gasteiger partial charge in [-0.3, -0.25) is 9.69 Å². The van der Waals surface area contributed by atoms with Gasteiger partial charge in [0.2, 0.25) is 0 Å². The van der Waals surface area contributed by atoms with Crippen LogP contribution in [0.5, 0.6) is 0 Å². The smallest absolute Gasteiger partial charge is 0.325 e. The molecule has 0 spiro atoms. The fourth-order valence-electron chi connectivity index (χ4n) is 2.40. The van der Waals surface area contributed by atoms with E-state index in [2.05, 4.69) is 4.90 Å². The number of rotatable bonds is 2. The van der Waals surface area contributed by atoms with Crippen molar-refractivity contribution in [2.45, 2.75) is 30.8 Å². The van der Waals surface area contributed by atoms with Gasteiger partial charge >= 0.3 is 5.97 Å². The normalized spacial score (nSPS) is 34.5. The van der Waals surface area contributed by atoms with Gasteiger partial charge in [0, 0.05) is 19.1 Å². The molecule has 0 radical (unpaired) electrons. The van der Waals surface area contributed by atoms with Gasteiger partial charge in [-0.15, -0.1) is 0 Å². The molecule has 2 fully saturated rings. The molecule has 2 saturated heterocycles. The summed E-state index contributed by atoms with van der Waals surface area (Å²) in [7, 11) is 0. The highest BCUT2D eigenvalue weighted by molar-refractivity contribution is 7.99. The molecule has 0 aliphatic carbocycles. The Balaban J connectivity index is 1.94. The van der Waals surface area contributed by atoms with E-state index in [1.807, 2.05) is 11.8 Å². The van der Waals surface area contributed by atoms with Gasteiger partial charge in [-0.25, -0.2) is 0 Å². The number of hydrogen-bond donors (Lipinski definition) is 2. The van der Waals surface area contributed by atoms with Crippen LogP contribution in [0.25, 0.3) is 0 Å². The second-order valence-electron chi connectivity index (χ2n) is 4.53. The topological polar surface area (TPSA) is 66.6 Å². The molecular formula is C10H18N2O2S. The van der Waals surface area contributed by atoms with Crippen LogP contribution in [-0.2, 0) is 4.79 Å². The molecule has 2 aliphatic rings. The molecule has 2 heterocycles. The minimum atomic E-state index is -0.995. The van der Waals surface area contributed by atoms with E-state index in [1.165, 1.54) is 24.3 Å². The van der Waals surface area contributed by atoms with E-state index in [4.69, 9.17) is 10.8 Å². The molecule has 86 valence electrons. The molecule has 0 bridgehead atoms. The Morgan fingerprint density at radius 1 is 1.47 bits per heavy atom. The van der Waals surface area contributed by atoms with Crippen LogP contribution in [0.3, 0.4) is 0 Å². The number of nitrogens with zero attached hydrogens (tertiary/aromatic N) is 1. The zero-order valence-corrected chi connectivity index (χ0v) is 9.63. The van der Waals surface area contributed by atoms with Crippen molar-refractivity contribution in [3.8, 4) is 0 Å². The SMILES string of the molecule is NC1(C(=O)O)CCN(C2CCSCC2)C1. The molecule has 1 unspecified atom stereocenters. The molecule has 0 amide bonds. The number of likely N-dealkylation sites (tertiary alicyclic amines) is 1. The summed E-state index contributed by atoms with van der Waals surface area (Å²) in [6.07, 6.45) is 2.95. The minimum absolute atomic E-state index is 0.525. The standard InChI is InChI=1S/C10H18N2O2S/c11-10(9(13)14)3-4-12(7-10)8-1-5-15-6-2-8/h8H,1-7,11H2,(H,13,14). The fraction of sp³-hybridized carbons (Fsp3) is 0.900. The maximum Gasteiger partial charge on any atom is 0.325 e. The lowest BCUT2D eigenvalue weighted by Gasteiger charge is -2.31. The highest BCUT2D eigenvalue weighted by Gasteiger charge is 2.43. The third-order valence-electron chi connectivity index (χ3n) is 3.46. The van der Waals surface area contributed by atoms with Gasteiger partial charge in [-0.1, -0.05) is 0 Å². The van der Waals surface area contributed by atoms with Crippen LogP contribution in [-0.4, -0.2) is 52.2 Å². The first-order chi connectivity index (χ1) is 7.12. The first-order valence-corrected chi connectivity index (χ1v) is 6.61. The van der Waals surface area contributed by atoms with Crippen molar-refractivity contribution in [2.75, 3.05) is 24.6 Å². The van der Waals surface area contributed by atoms with Crippen molar-refractivity contribution in [3.05, 3.63) is 0 Å². The van der Waals surface area contributed by atoms with Crippen molar-refractivity contribution in [1.29, 1.82) is 0 Å². The van der Waals surface area contributed by atoms with Crippen LogP contribution in [0, 0.1) is 0 Å². The quantitative estimate of drug-likeness (QED) is 0.717. The molecule has 0 aromatic heterocycles. The highest BCUT2D eigenvalue weighted by atomic mass is 32.2. The summed E-state index contributed by atoms with van der Waals surface area (Å²) in [6.45, 7) is 1.37. The molecule has 2 rings (SSSR count). The number of aliphatic carboxylic acids is 1. The monoisotopic (exact) mass is 230 g/mol. The largest absolute Gasteiger partial charge is 0.480 e. The third kappa shape index (κ3) is 2.29. The van der Waals surface area contributed by atoms with Gasteiger partial charge in [-0.05, 0) is 30.8 Å². The van der Waals surface area contributed by atoms with Gasteiger partial charge in [-0.2, -0.15) is 11.8 Å². The molecule has 0 aromatic rings. The van der Waals surface area contributed by atoms with Gasteiger partial charge in [0.05, 0.1) is 0 Å². The molecule has 15 heavy (non-hydrogen) atoms. The average Bonchev–Trinajstić information content (AvgIpc) is 2.64. The summed E-state index contributed by atoms with van der Waals surface area (Å²) in [5, 5.41) is 9.03. The maximum atomic E-state index is 11.0. The summed E-state index contributed by atoms with van der Waals surface area (Å²) < 4.78 is 0. The van der Waals surface area contributed by atoms with Crippen molar-refractivity contribution in [1.82, 2.24) is 4.90 Å². The van der Waals surface area contributed by atoms with Crippen LogP contribution in [0.1, 0.15) is 19.3 Å². The van der Waals surface area contributed by atoms with E-state index >= 15 is 0 Å². The van der Waals surface area contributed by atoms with Crippen molar-refractivity contribution >= 4 is 17.7 Å². The van der Waals surface area contributed by atoms with Crippen molar-refractivity contribution in [3.63, 3.8) is 0 Å². The zero-order valence-electron chi connectivity index (χ0n) is 8.82. The van der Waals surface area contributed by atoms with Gasteiger partial charge in [0.25, 0.3) is 0 Å². The number of hydrogen-bond acceptors (Lipinski definition) is 4. The van der Waals surface area contributed by atoms with Crippen molar-refractivity contribution in [2.24, 2.45) is 5.73 Å². The molecular weight excluding hydrogens is 212 g/mol. The lowest BCUT2D eigenvalue weighted by Crippen LogP contribution is -2.51. The van der Waals surface area contributed by atoms with Crippen LogP contribution in [0.4, 0.5) is 0 Å². The molecule has 0 aromatic carbocycles. The van der Waals surface area contributed by atoms with Crippen LogP contribution >= 0.6 is 11.8 Å². The fourth-order valence-corrected chi connectivity index (χ4v) is 3.48. The van der Waals surface area contributed by atoms with Gasteiger partial charge in [0.1, 0.15) is 5.54 Å². The highest BCUT2D eigenvalue weighted by Crippen LogP contribution is 2.28. The van der Waals surface area contributed by atoms with E-state index in [0.717, 1.165) is 6.54 Å². The molecule has 3 N–H and O–H groups in total. The molecule has 4 nitrogen and oxygen atoms in total. The lowest BCUT2D eigenvalue weighted by atomic mass is 10.0. The number of thioether (sulfide) groups is 1. The molecule has 5 heteroatoms. The molecule has 0 saturated carbocycles. The van der Waals surface area contributed by atoms with Crippen LogP contribution < -0.4 is 5.73 Å². The van der Waals surface area contributed by atoms with E-state index in [-0.39, 0.29) is 0 Å². The predicted molar refractivity (Wildman–Crippen MR) is 61.1 cm³/mol. The maximum absolute atomic E-state index is 11.0. The number of carbonyl (C=O) groups is 1. The summed E-state index contributed by atoms with van der Waals surface area (Å²) in [5.74, 6) is 1.55. The summed E-state index contributed by atoms with van der Waals surface area (Å²) >= 11 is 1.99. The Kier molecular flexibility index (Phi) is 3.23. The first kappa shape index (κ1) is 11.2. The van der Waals surface area contributed by atoms with Crippen molar-refractivity contribution < 1.29 is 9.90 Å². The van der Waals surface area contributed by atoms with E-state index < -0.39 is 11.5 Å². The second kappa shape index (κ2) is 4.31. The van der Waals surface area contributed by atoms with Gasteiger partial charge < -0.3 is 10.8 Å². The van der Waals surface area contributed by atoms with Crippen LogP contribution in [0.2, 0.25) is 0 Å². The summed E-state index contributed by atoms with van der Waals surface area (Å²) in [4.78, 5) is 13.3. The number of carboxylic acids is 1. The predicted octanol–water partition coefficient (Wildman–Crippen LogP) is 0.370. The summed E-state index contributed by atoms with van der Waals surface area (Å²) in [6, 6.07) is 0.566. The van der Waals surface area contributed by atoms with E-state index in [0.29, 0.717) is 19.0 Å². The Morgan fingerprint density at radius 2 is 2.13 bits per heavy atom. The molecule has 2 aliphatic heterocycles. The third-order valence-corrected chi connectivity index (χ3v) is 4.51. The lowest BCUT2D eigenvalue weighted by molar-refractivity contribution is -0.142. The van der Waals surface area contributed by atoms with E-state index in [9.17, 15) is 4.79 Å². The zero-order chi connectivity index (χ0) is 10.9. The Morgan fingerprint density at radius 3 is 2.67 bits per heavy atom. The Labute approximate surface area is 94.2 Å². The molecule has 1 atom stereocenters. The first-order valence-electron chi connectivity index (χ1n) is 5.46. The summed E-state index contributed by atoms with van der Waals surface area (Å²) in [5.41, 5.74) is 4.86. The Bertz CT molecular complexity index is 256. The number of nitrogens with two attached hydrogens (primary N) is 1. The Hall–Kier alpha value is -0.260. The minimum Gasteiger partial charge on any atom is -0.480 e. The second-order valence-corrected chi connectivity index (χ2v) is 5.75. The number of carboxylic acid groups (broad SMARTS) is 1. The van der Waals surface area contributed by atoms with Gasteiger partial charge in [0.15, 0.2) is 0 Å². The van der Waals surface area contributed by atoms with E-state index in [1.54, 1.807) is 0 Å². The van der Waals surface area contributed by atoms with Crippen LogP contribution in [0.15, 0.2) is 0 Å². The average molecular weight is 230 g/mol.